The Morgan fingerprint density at radius 1 is 1.12 bits per heavy atom. The average molecular weight is 344 g/mol. The van der Waals surface area contributed by atoms with Gasteiger partial charge in [-0.1, -0.05) is 6.07 Å². The fourth-order valence-corrected chi connectivity index (χ4v) is 4.03. The molecule has 2 atom stereocenters. The minimum atomic E-state index is -0.179. The average Bonchev–Trinajstić information content (AvgIpc) is 3.12. The van der Waals surface area contributed by atoms with E-state index in [1.54, 1.807) is 11.9 Å². The van der Waals surface area contributed by atoms with Crippen LogP contribution in [0, 0.1) is 5.92 Å². The molecule has 134 valence electrons. The topological polar surface area (TPSA) is 59.1 Å². The summed E-state index contributed by atoms with van der Waals surface area (Å²) in [5, 5.41) is 0. The van der Waals surface area contributed by atoms with Crippen molar-refractivity contribution in [3.05, 3.63) is 23.8 Å². The predicted molar refractivity (Wildman–Crippen MR) is 91.5 cm³/mol. The summed E-state index contributed by atoms with van der Waals surface area (Å²) in [5.41, 5.74) is 1.09. The molecule has 3 aliphatic rings. The first-order valence-electron chi connectivity index (χ1n) is 9.07. The van der Waals surface area contributed by atoms with Crippen molar-refractivity contribution in [3.63, 3.8) is 0 Å². The Morgan fingerprint density at radius 2 is 1.92 bits per heavy atom. The van der Waals surface area contributed by atoms with E-state index in [-0.39, 0.29) is 23.8 Å². The van der Waals surface area contributed by atoms with E-state index >= 15 is 0 Å². The quantitative estimate of drug-likeness (QED) is 0.823. The molecule has 4 rings (SSSR count). The number of amides is 2. The van der Waals surface area contributed by atoms with E-state index in [0.717, 1.165) is 42.9 Å². The zero-order chi connectivity index (χ0) is 17.4. The molecule has 0 aliphatic carbocycles. The van der Waals surface area contributed by atoms with Crippen LogP contribution in [0.3, 0.4) is 0 Å². The summed E-state index contributed by atoms with van der Waals surface area (Å²) in [7, 11) is 1.80. The number of ether oxygens (including phenoxy) is 2. The number of rotatable bonds is 2. The maximum absolute atomic E-state index is 13.0. The van der Waals surface area contributed by atoms with Crippen LogP contribution < -0.4 is 9.47 Å². The number of hydrogen-bond donors (Lipinski definition) is 0. The molecule has 2 saturated heterocycles. The van der Waals surface area contributed by atoms with Gasteiger partial charge in [0, 0.05) is 32.5 Å². The second-order valence-electron chi connectivity index (χ2n) is 7.10. The Balaban J connectivity index is 1.52. The number of carbonyl (C=O) groups is 2. The highest BCUT2D eigenvalue weighted by atomic mass is 16.6. The summed E-state index contributed by atoms with van der Waals surface area (Å²) in [5.74, 6) is 1.55. The van der Waals surface area contributed by atoms with Crippen LogP contribution in [0.1, 0.15) is 37.3 Å². The van der Waals surface area contributed by atoms with E-state index in [0.29, 0.717) is 26.2 Å². The fraction of sp³-hybridized carbons (Fsp3) is 0.579. The maximum Gasteiger partial charge on any atom is 0.226 e. The molecular formula is C19H24N2O4. The highest BCUT2D eigenvalue weighted by Crippen LogP contribution is 2.39. The smallest absolute Gasteiger partial charge is 0.226 e. The molecule has 0 radical (unpaired) electrons. The largest absolute Gasteiger partial charge is 0.486 e. The first kappa shape index (κ1) is 16.2. The molecule has 1 aromatic carbocycles. The Hall–Kier alpha value is -2.24. The lowest BCUT2D eigenvalue weighted by Gasteiger charge is -2.33. The summed E-state index contributed by atoms with van der Waals surface area (Å²) < 4.78 is 11.3. The molecule has 0 spiro atoms. The second kappa shape index (κ2) is 6.58. The lowest BCUT2D eigenvalue weighted by Crippen LogP contribution is -2.43. The van der Waals surface area contributed by atoms with Gasteiger partial charge in [0.2, 0.25) is 11.8 Å². The summed E-state index contributed by atoms with van der Waals surface area (Å²) in [6.45, 7) is 2.56. The SMILES string of the molecule is CN1CCC(C(=O)N2CCCC2c2ccc3c(c2)OCCO3)CC1=O. The van der Waals surface area contributed by atoms with Gasteiger partial charge >= 0.3 is 0 Å². The first-order valence-corrected chi connectivity index (χ1v) is 9.07. The van der Waals surface area contributed by atoms with Gasteiger partial charge in [-0.25, -0.2) is 0 Å². The molecule has 2 unspecified atom stereocenters. The van der Waals surface area contributed by atoms with Crippen LogP contribution in [0.2, 0.25) is 0 Å². The molecule has 0 aromatic heterocycles. The van der Waals surface area contributed by atoms with Crippen molar-refractivity contribution in [3.8, 4) is 11.5 Å². The third-order valence-corrected chi connectivity index (χ3v) is 5.50. The maximum atomic E-state index is 13.0. The Bertz CT molecular complexity index is 690. The van der Waals surface area contributed by atoms with Crippen LogP contribution in [-0.2, 0) is 9.59 Å². The van der Waals surface area contributed by atoms with E-state index in [9.17, 15) is 9.59 Å². The van der Waals surface area contributed by atoms with Crippen molar-refractivity contribution in [2.45, 2.75) is 31.7 Å². The van der Waals surface area contributed by atoms with Crippen molar-refractivity contribution in [1.82, 2.24) is 9.80 Å². The number of nitrogens with zero attached hydrogens (tertiary/aromatic N) is 2. The van der Waals surface area contributed by atoms with Gasteiger partial charge in [-0.3, -0.25) is 9.59 Å². The van der Waals surface area contributed by atoms with Gasteiger partial charge in [-0.2, -0.15) is 0 Å². The molecule has 0 N–H and O–H groups in total. The number of benzene rings is 1. The van der Waals surface area contributed by atoms with Crippen LogP contribution in [0.4, 0.5) is 0 Å². The summed E-state index contributed by atoms with van der Waals surface area (Å²) in [4.78, 5) is 28.7. The van der Waals surface area contributed by atoms with Crippen molar-refractivity contribution in [1.29, 1.82) is 0 Å². The van der Waals surface area contributed by atoms with Gasteiger partial charge in [-0.15, -0.1) is 0 Å². The van der Waals surface area contributed by atoms with Crippen molar-refractivity contribution in [2.75, 3.05) is 33.4 Å². The molecule has 3 heterocycles. The van der Waals surface area contributed by atoms with Crippen LogP contribution in [0.5, 0.6) is 11.5 Å². The van der Waals surface area contributed by atoms with Crippen LogP contribution in [-0.4, -0.2) is 55.0 Å². The zero-order valence-corrected chi connectivity index (χ0v) is 14.6. The van der Waals surface area contributed by atoms with E-state index in [1.165, 1.54) is 0 Å². The predicted octanol–water partition coefficient (Wildman–Crippen LogP) is 1.99. The molecule has 25 heavy (non-hydrogen) atoms. The molecule has 0 saturated carbocycles. The summed E-state index contributed by atoms with van der Waals surface area (Å²) >= 11 is 0. The first-order chi connectivity index (χ1) is 12.1. The molecular weight excluding hydrogens is 320 g/mol. The van der Waals surface area contributed by atoms with Gasteiger partial charge < -0.3 is 19.3 Å². The van der Waals surface area contributed by atoms with Crippen LogP contribution in [0.25, 0.3) is 0 Å². The standard InChI is InChI=1S/C19H24N2O4/c1-20-8-6-14(12-18(20)22)19(23)21-7-2-3-15(21)13-4-5-16-17(11-13)25-10-9-24-16/h4-5,11,14-15H,2-3,6-10,12H2,1H3. The Labute approximate surface area is 147 Å². The van der Waals surface area contributed by atoms with Gasteiger partial charge in [0.1, 0.15) is 13.2 Å². The number of piperidine rings is 1. The molecule has 6 heteroatoms. The zero-order valence-electron chi connectivity index (χ0n) is 14.6. The van der Waals surface area contributed by atoms with Crippen molar-refractivity contribution >= 4 is 11.8 Å². The Kier molecular flexibility index (Phi) is 4.27. The minimum Gasteiger partial charge on any atom is -0.486 e. The molecule has 1 aromatic rings. The monoisotopic (exact) mass is 344 g/mol. The highest BCUT2D eigenvalue weighted by molar-refractivity contribution is 5.87. The van der Waals surface area contributed by atoms with Crippen molar-refractivity contribution in [2.24, 2.45) is 5.92 Å². The summed E-state index contributed by atoms with van der Waals surface area (Å²) in [6, 6.07) is 6.04. The van der Waals surface area contributed by atoms with Crippen molar-refractivity contribution < 1.29 is 19.1 Å². The molecule has 2 amide bonds. The van der Waals surface area contributed by atoms with E-state index in [2.05, 4.69) is 0 Å². The van der Waals surface area contributed by atoms with Crippen LogP contribution >= 0.6 is 0 Å². The summed E-state index contributed by atoms with van der Waals surface area (Å²) in [6.07, 6.45) is 3.03. The highest BCUT2D eigenvalue weighted by Gasteiger charge is 2.37. The number of likely N-dealkylation sites (tertiary alicyclic amines) is 2. The fourth-order valence-electron chi connectivity index (χ4n) is 4.03. The lowest BCUT2D eigenvalue weighted by atomic mass is 9.94. The van der Waals surface area contributed by atoms with E-state index in [1.807, 2.05) is 23.1 Å². The van der Waals surface area contributed by atoms with Crippen LogP contribution in [0.15, 0.2) is 18.2 Å². The molecule has 2 fully saturated rings. The number of fused-ring (bicyclic) bond motifs is 1. The normalized spacial score (nSPS) is 26.0. The Morgan fingerprint density at radius 3 is 2.72 bits per heavy atom. The van der Waals surface area contributed by atoms with Gasteiger partial charge in [0.05, 0.1) is 6.04 Å². The van der Waals surface area contributed by atoms with Gasteiger partial charge in [0.25, 0.3) is 0 Å². The third-order valence-electron chi connectivity index (χ3n) is 5.50. The number of hydrogen-bond acceptors (Lipinski definition) is 4. The second-order valence-corrected chi connectivity index (χ2v) is 7.10. The van der Waals surface area contributed by atoms with E-state index < -0.39 is 0 Å². The lowest BCUT2D eigenvalue weighted by molar-refractivity contribution is -0.145. The molecule has 6 nitrogen and oxygen atoms in total. The number of carbonyl (C=O) groups excluding carboxylic acids is 2. The van der Waals surface area contributed by atoms with Gasteiger partial charge in [-0.05, 0) is 37.0 Å². The third kappa shape index (κ3) is 3.05. The molecule has 0 bridgehead atoms. The van der Waals surface area contributed by atoms with Gasteiger partial charge in [0.15, 0.2) is 11.5 Å². The minimum absolute atomic E-state index is 0.0677. The molecule has 3 aliphatic heterocycles. The van der Waals surface area contributed by atoms with E-state index in [4.69, 9.17) is 9.47 Å².